The number of aromatic nitrogens is 5. The van der Waals surface area contributed by atoms with Crippen LogP contribution in [-0.4, -0.2) is 24.6 Å². The Labute approximate surface area is 157 Å². The van der Waals surface area contributed by atoms with Crippen LogP contribution < -0.4 is 11.1 Å². The van der Waals surface area contributed by atoms with Crippen LogP contribution in [0.1, 0.15) is 30.9 Å². The molecule has 0 amide bonds. The summed E-state index contributed by atoms with van der Waals surface area (Å²) in [6, 6.07) is 14.2. The van der Waals surface area contributed by atoms with Gasteiger partial charge in [-0.15, -0.1) is 0 Å². The second-order valence-corrected chi connectivity index (χ2v) is 6.67. The van der Waals surface area contributed by atoms with Gasteiger partial charge in [-0.25, -0.2) is 0 Å². The predicted molar refractivity (Wildman–Crippen MR) is 106 cm³/mol. The van der Waals surface area contributed by atoms with Crippen molar-refractivity contribution in [3.8, 4) is 11.3 Å². The van der Waals surface area contributed by atoms with Gasteiger partial charge in [0.05, 0.1) is 11.9 Å². The molecule has 136 valence electrons. The van der Waals surface area contributed by atoms with Crippen LogP contribution in [0.4, 0.5) is 11.9 Å². The molecule has 0 bridgehead atoms. The van der Waals surface area contributed by atoms with E-state index >= 15 is 0 Å². The first-order chi connectivity index (χ1) is 13.1. The Kier molecular flexibility index (Phi) is 4.42. The maximum absolute atomic E-state index is 5.89. The molecule has 1 aromatic carbocycles. The highest BCUT2D eigenvalue weighted by molar-refractivity contribution is 5.59. The second-order valence-electron chi connectivity index (χ2n) is 6.67. The molecule has 3 N–H and O–H groups in total. The summed E-state index contributed by atoms with van der Waals surface area (Å²) in [5.74, 6) is 1.10. The maximum atomic E-state index is 5.89. The van der Waals surface area contributed by atoms with Gasteiger partial charge in [-0.05, 0) is 17.5 Å². The number of anilines is 2. The Morgan fingerprint density at radius 1 is 1.04 bits per heavy atom. The smallest absolute Gasteiger partial charge is 0.229 e. The largest absolute Gasteiger partial charge is 0.368 e. The van der Waals surface area contributed by atoms with Crippen LogP contribution in [0.5, 0.6) is 0 Å². The Hall–Kier alpha value is -3.48. The van der Waals surface area contributed by atoms with E-state index in [0.717, 1.165) is 28.0 Å². The summed E-state index contributed by atoms with van der Waals surface area (Å²) in [4.78, 5) is 13.2. The summed E-state index contributed by atoms with van der Waals surface area (Å²) in [7, 11) is 0. The Morgan fingerprint density at radius 2 is 1.85 bits per heavy atom. The van der Waals surface area contributed by atoms with Crippen LogP contribution in [0.2, 0.25) is 0 Å². The van der Waals surface area contributed by atoms with E-state index in [9.17, 15) is 0 Å². The molecule has 0 saturated heterocycles. The third-order valence-electron chi connectivity index (χ3n) is 4.38. The molecule has 7 heteroatoms. The van der Waals surface area contributed by atoms with Crippen LogP contribution in [0, 0.1) is 0 Å². The predicted octanol–water partition coefficient (Wildman–Crippen LogP) is 3.50. The number of hydrogen-bond acceptors (Lipinski definition) is 6. The van der Waals surface area contributed by atoms with E-state index in [1.807, 2.05) is 54.9 Å². The molecule has 0 aliphatic rings. The lowest BCUT2D eigenvalue weighted by molar-refractivity contribution is 0.867. The Bertz CT molecular complexity index is 1050. The third-order valence-corrected chi connectivity index (χ3v) is 4.38. The van der Waals surface area contributed by atoms with E-state index in [4.69, 9.17) is 5.73 Å². The summed E-state index contributed by atoms with van der Waals surface area (Å²) in [6.07, 6.45) is 3.68. The fourth-order valence-corrected chi connectivity index (χ4v) is 2.92. The molecule has 0 atom stereocenters. The minimum atomic E-state index is 0.227. The van der Waals surface area contributed by atoms with Gasteiger partial charge >= 0.3 is 0 Å². The number of nitrogens with two attached hydrogens (primary N) is 1. The fourth-order valence-electron chi connectivity index (χ4n) is 2.92. The first-order valence-electron chi connectivity index (χ1n) is 8.87. The van der Waals surface area contributed by atoms with E-state index in [1.54, 1.807) is 4.52 Å². The van der Waals surface area contributed by atoms with Gasteiger partial charge < -0.3 is 11.1 Å². The second kappa shape index (κ2) is 7.03. The molecule has 0 aliphatic heterocycles. The van der Waals surface area contributed by atoms with Crippen molar-refractivity contribution in [2.24, 2.45) is 0 Å². The van der Waals surface area contributed by atoms with Crippen molar-refractivity contribution < 1.29 is 0 Å². The van der Waals surface area contributed by atoms with E-state index in [2.05, 4.69) is 39.2 Å². The van der Waals surface area contributed by atoms with Crippen LogP contribution >= 0.6 is 0 Å². The van der Waals surface area contributed by atoms with Crippen molar-refractivity contribution in [2.75, 3.05) is 11.1 Å². The first kappa shape index (κ1) is 17.0. The standard InChI is InChI=1S/C20H21N7/c1-13(2)16-12-24-27-18(16)25-19(21)26-20(27)23-11-14-8-9-17(22-10-14)15-6-4-3-5-7-15/h3-10,12-13H,11H2,1-2H3,(H3,21,23,25,26). The Morgan fingerprint density at radius 3 is 2.56 bits per heavy atom. The fraction of sp³-hybridized carbons (Fsp3) is 0.200. The monoisotopic (exact) mass is 359 g/mol. The number of rotatable bonds is 5. The summed E-state index contributed by atoms with van der Waals surface area (Å²) < 4.78 is 1.69. The molecular weight excluding hydrogens is 338 g/mol. The number of nitrogen functional groups attached to an aromatic ring is 1. The van der Waals surface area contributed by atoms with Gasteiger partial charge in [-0.1, -0.05) is 50.2 Å². The van der Waals surface area contributed by atoms with Gasteiger partial charge in [0.15, 0.2) is 5.65 Å². The molecule has 7 nitrogen and oxygen atoms in total. The molecule has 4 rings (SSSR count). The van der Waals surface area contributed by atoms with Gasteiger partial charge in [-0.3, -0.25) is 4.98 Å². The van der Waals surface area contributed by atoms with Gasteiger partial charge in [-0.2, -0.15) is 19.6 Å². The zero-order valence-corrected chi connectivity index (χ0v) is 15.3. The zero-order chi connectivity index (χ0) is 18.8. The number of fused-ring (bicyclic) bond motifs is 1. The maximum Gasteiger partial charge on any atom is 0.229 e. The molecule has 3 heterocycles. The van der Waals surface area contributed by atoms with Crippen LogP contribution in [0.3, 0.4) is 0 Å². The van der Waals surface area contributed by atoms with Crippen molar-refractivity contribution in [3.63, 3.8) is 0 Å². The minimum Gasteiger partial charge on any atom is -0.368 e. The van der Waals surface area contributed by atoms with E-state index in [-0.39, 0.29) is 5.95 Å². The molecule has 3 aromatic heterocycles. The first-order valence-corrected chi connectivity index (χ1v) is 8.87. The average Bonchev–Trinajstić information content (AvgIpc) is 3.11. The summed E-state index contributed by atoms with van der Waals surface area (Å²) in [5, 5.41) is 7.69. The van der Waals surface area contributed by atoms with Gasteiger partial charge in [0, 0.05) is 23.9 Å². The summed E-state index contributed by atoms with van der Waals surface area (Å²) >= 11 is 0. The lowest BCUT2D eigenvalue weighted by Crippen LogP contribution is -2.11. The normalized spacial score (nSPS) is 11.2. The molecule has 4 aromatic rings. The van der Waals surface area contributed by atoms with Crippen LogP contribution in [0.25, 0.3) is 16.9 Å². The number of nitrogens with zero attached hydrogens (tertiary/aromatic N) is 5. The highest BCUT2D eigenvalue weighted by Gasteiger charge is 2.14. The summed E-state index contributed by atoms with van der Waals surface area (Å²) in [6.45, 7) is 4.76. The molecule has 0 spiro atoms. The minimum absolute atomic E-state index is 0.227. The van der Waals surface area contributed by atoms with Crippen molar-refractivity contribution in [3.05, 3.63) is 66.0 Å². The number of nitrogens with one attached hydrogen (secondary N) is 1. The van der Waals surface area contributed by atoms with Crippen LogP contribution in [0.15, 0.2) is 54.9 Å². The van der Waals surface area contributed by atoms with Gasteiger partial charge in [0.1, 0.15) is 0 Å². The number of hydrogen-bond donors (Lipinski definition) is 2. The third kappa shape index (κ3) is 3.44. The summed E-state index contributed by atoms with van der Waals surface area (Å²) in [5.41, 5.74) is 10.7. The molecule has 0 aliphatic carbocycles. The highest BCUT2D eigenvalue weighted by atomic mass is 15.4. The average molecular weight is 359 g/mol. The molecule has 0 fully saturated rings. The van der Waals surface area contributed by atoms with E-state index in [0.29, 0.717) is 18.4 Å². The lowest BCUT2D eigenvalue weighted by atomic mass is 10.1. The Balaban J connectivity index is 1.55. The van der Waals surface area contributed by atoms with Crippen molar-refractivity contribution in [1.82, 2.24) is 24.6 Å². The lowest BCUT2D eigenvalue weighted by Gasteiger charge is -2.09. The van der Waals surface area contributed by atoms with Gasteiger partial charge in [0.2, 0.25) is 11.9 Å². The molecule has 0 saturated carbocycles. The van der Waals surface area contributed by atoms with E-state index in [1.165, 1.54) is 0 Å². The molecular formula is C20H21N7. The highest BCUT2D eigenvalue weighted by Crippen LogP contribution is 2.22. The van der Waals surface area contributed by atoms with Crippen molar-refractivity contribution >= 4 is 17.5 Å². The SMILES string of the molecule is CC(C)c1cnn2c(NCc3ccc(-c4ccccc4)nc3)nc(N)nc12. The number of benzene rings is 1. The molecule has 0 radical (unpaired) electrons. The van der Waals surface area contributed by atoms with Crippen LogP contribution in [-0.2, 0) is 6.54 Å². The van der Waals surface area contributed by atoms with Crippen molar-refractivity contribution in [2.45, 2.75) is 26.3 Å². The van der Waals surface area contributed by atoms with E-state index < -0.39 is 0 Å². The van der Waals surface area contributed by atoms with Crippen molar-refractivity contribution in [1.29, 1.82) is 0 Å². The van der Waals surface area contributed by atoms with Gasteiger partial charge in [0.25, 0.3) is 0 Å². The zero-order valence-electron chi connectivity index (χ0n) is 15.3. The molecule has 27 heavy (non-hydrogen) atoms. The number of pyridine rings is 1. The quantitative estimate of drug-likeness (QED) is 0.566. The topological polar surface area (TPSA) is 94.0 Å². The molecule has 0 unspecified atom stereocenters.